The van der Waals surface area contributed by atoms with Gasteiger partial charge in [0, 0.05) is 49.0 Å². The number of hydrogen-bond acceptors (Lipinski definition) is 8. The number of rotatable bonds is 3. The topological polar surface area (TPSA) is 105 Å². The molecule has 32 heavy (non-hydrogen) atoms. The van der Waals surface area contributed by atoms with Crippen LogP contribution >= 0.6 is 0 Å². The molecule has 174 valence electrons. The molecule has 3 aliphatic carbocycles. The third-order valence-corrected chi connectivity index (χ3v) is 9.57. The normalized spacial score (nSPS) is 48.8. The highest BCUT2D eigenvalue weighted by Crippen LogP contribution is 2.71. The minimum absolute atomic E-state index is 0.102. The van der Waals surface area contributed by atoms with Gasteiger partial charge in [0.2, 0.25) is 0 Å². The van der Waals surface area contributed by atoms with E-state index >= 15 is 0 Å². The van der Waals surface area contributed by atoms with Gasteiger partial charge in [0.05, 0.1) is 18.4 Å². The maximum Gasteiger partial charge on any atom is 0.337 e. The summed E-state index contributed by atoms with van der Waals surface area (Å²) in [6, 6.07) is 0. The molecule has 2 heterocycles. The van der Waals surface area contributed by atoms with Crippen molar-refractivity contribution in [2.75, 3.05) is 13.7 Å². The van der Waals surface area contributed by atoms with Gasteiger partial charge in [0.1, 0.15) is 18.0 Å². The molecule has 0 aromatic rings. The molecule has 2 aliphatic heterocycles. The number of ether oxygens (including phenoxy) is 4. The average Bonchev–Trinajstić information content (AvgIpc) is 3.26. The minimum atomic E-state index is -0.823. The van der Waals surface area contributed by atoms with Crippen LogP contribution in [0.1, 0.15) is 47.0 Å². The summed E-state index contributed by atoms with van der Waals surface area (Å²) < 4.78 is 22.9. The van der Waals surface area contributed by atoms with Gasteiger partial charge < -0.3 is 18.9 Å². The quantitative estimate of drug-likeness (QED) is 0.606. The molecule has 5 aliphatic rings. The Labute approximate surface area is 187 Å². The SMILES string of the molecule is COC[C@H]1OC(=O)C2=COC3C(=O)C4C([C@H](OC(C)=O)C[C@]5(C)C(=O)CC[C@@]45C)[C@]1(C)C23. The van der Waals surface area contributed by atoms with Crippen molar-refractivity contribution in [2.24, 2.45) is 34.0 Å². The molecular weight excluding hydrogens is 416 g/mol. The fourth-order valence-electron chi connectivity index (χ4n) is 7.83. The molecule has 1 saturated heterocycles. The second kappa shape index (κ2) is 6.65. The summed E-state index contributed by atoms with van der Waals surface area (Å²) in [6.07, 6.45) is 0.552. The highest BCUT2D eigenvalue weighted by Gasteiger charge is 2.76. The van der Waals surface area contributed by atoms with Gasteiger partial charge in [-0.25, -0.2) is 4.79 Å². The number of fused-ring (bicyclic) bond motifs is 4. The zero-order chi connectivity index (χ0) is 23.2. The van der Waals surface area contributed by atoms with E-state index in [1.165, 1.54) is 20.3 Å². The van der Waals surface area contributed by atoms with Crippen LogP contribution < -0.4 is 0 Å². The lowest BCUT2D eigenvalue weighted by Crippen LogP contribution is -2.72. The molecule has 0 aromatic heterocycles. The molecule has 0 aromatic carbocycles. The van der Waals surface area contributed by atoms with Crippen LogP contribution in [0.5, 0.6) is 0 Å². The van der Waals surface area contributed by atoms with Crippen LogP contribution in [0.15, 0.2) is 11.8 Å². The Morgan fingerprint density at radius 3 is 2.56 bits per heavy atom. The first-order chi connectivity index (χ1) is 15.0. The van der Waals surface area contributed by atoms with Gasteiger partial charge in [0.25, 0.3) is 0 Å². The summed E-state index contributed by atoms with van der Waals surface area (Å²) >= 11 is 0. The van der Waals surface area contributed by atoms with Gasteiger partial charge in [0.15, 0.2) is 11.9 Å². The molecule has 4 fully saturated rings. The number of esters is 2. The zero-order valence-electron chi connectivity index (χ0n) is 19.1. The van der Waals surface area contributed by atoms with Crippen molar-refractivity contribution < 1.29 is 38.1 Å². The molecular formula is C24H30O8. The maximum absolute atomic E-state index is 14.0. The largest absolute Gasteiger partial charge is 0.489 e. The first-order valence-corrected chi connectivity index (χ1v) is 11.3. The molecule has 3 saturated carbocycles. The van der Waals surface area contributed by atoms with E-state index < -0.39 is 64.2 Å². The fourth-order valence-corrected chi connectivity index (χ4v) is 7.83. The van der Waals surface area contributed by atoms with E-state index in [1.54, 1.807) is 0 Å². The van der Waals surface area contributed by atoms with Crippen LogP contribution in [0, 0.1) is 34.0 Å². The van der Waals surface area contributed by atoms with Crippen molar-refractivity contribution in [3.8, 4) is 0 Å². The Bertz CT molecular complexity index is 954. The number of Topliss-reactive ketones (excluding diaryl/α,β-unsaturated/α-hetero) is 2. The molecule has 8 heteroatoms. The second-order valence-electron chi connectivity index (χ2n) is 10.8. The van der Waals surface area contributed by atoms with Gasteiger partial charge >= 0.3 is 11.9 Å². The minimum Gasteiger partial charge on any atom is -0.489 e. The Hall–Kier alpha value is -2.22. The van der Waals surface area contributed by atoms with Crippen molar-refractivity contribution in [2.45, 2.75) is 65.3 Å². The van der Waals surface area contributed by atoms with E-state index in [9.17, 15) is 19.2 Å². The lowest BCUT2D eigenvalue weighted by Gasteiger charge is -2.64. The summed E-state index contributed by atoms with van der Waals surface area (Å²) in [7, 11) is 1.54. The number of methoxy groups -OCH3 is 1. The van der Waals surface area contributed by atoms with Crippen LogP contribution in [0.25, 0.3) is 0 Å². The summed E-state index contributed by atoms with van der Waals surface area (Å²) in [5, 5.41) is 0. The average molecular weight is 446 g/mol. The highest BCUT2D eigenvalue weighted by molar-refractivity contribution is 5.98. The second-order valence-corrected chi connectivity index (χ2v) is 10.8. The van der Waals surface area contributed by atoms with Gasteiger partial charge in [-0.1, -0.05) is 20.8 Å². The predicted octanol–water partition coefficient (Wildman–Crippen LogP) is 1.99. The lowest BCUT2D eigenvalue weighted by molar-refractivity contribution is -0.239. The summed E-state index contributed by atoms with van der Waals surface area (Å²) in [4.78, 5) is 52.0. The van der Waals surface area contributed by atoms with Crippen molar-refractivity contribution in [3.05, 3.63) is 11.8 Å². The molecule has 0 radical (unpaired) electrons. The zero-order valence-corrected chi connectivity index (χ0v) is 19.1. The highest BCUT2D eigenvalue weighted by atomic mass is 16.6. The number of carbonyl (C=O) groups is 4. The van der Waals surface area contributed by atoms with Crippen molar-refractivity contribution >= 4 is 23.5 Å². The first kappa shape index (κ1) is 21.6. The van der Waals surface area contributed by atoms with Gasteiger partial charge in [-0.05, 0) is 18.3 Å². The third-order valence-electron chi connectivity index (χ3n) is 9.57. The lowest BCUT2D eigenvalue weighted by atomic mass is 9.40. The summed E-state index contributed by atoms with van der Waals surface area (Å²) in [5.74, 6) is -2.51. The molecule has 0 bridgehead atoms. The Balaban J connectivity index is 1.73. The van der Waals surface area contributed by atoms with Crippen molar-refractivity contribution in [1.82, 2.24) is 0 Å². The van der Waals surface area contributed by atoms with Crippen LogP contribution in [-0.2, 0) is 38.1 Å². The number of ketones is 2. The molecule has 5 rings (SSSR count). The molecule has 0 spiro atoms. The predicted molar refractivity (Wildman–Crippen MR) is 109 cm³/mol. The number of hydrogen-bond donors (Lipinski definition) is 0. The standard InChI is InChI=1S/C24H30O8/c1-11(25)31-13-8-23(3)14(26)6-7-22(23,2)18-17(13)24(4)15(10-29-5)32-21(28)12-9-30-20(16(12)24)19(18)27/h9,13,15-18,20H,6-8,10H2,1-5H3/t13-,15-,16?,17?,18?,20?,22+,23-,24+/m1/s1. The van der Waals surface area contributed by atoms with Crippen LogP contribution in [0.2, 0.25) is 0 Å². The third kappa shape index (κ3) is 2.37. The van der Waals surface area contributed by atoms with E-state index in [0.717, 1.165) is 0 Å². The Kier molecular flexibility index (Phi) is 4.49. The van der Waals surface area contributed by atoms with Crippen molar-refractivity contribution in [1.29, 1.82) is 0 Å². The number of carbonyl (C=O) groups excluding carboxylic acids is 4. The molecule has 4 unspecified atom stereocenters. The van der Waals surface area contributed by atoms with Gasteiger partial charge in [-0.3, -0.25) is 14.4 Å². The smallest absolute Gasteiger partial charge is 0.337 e. The Morgan fingerprint density at radius 2 is 1.91 bits per heavy atom. The first-order valence-electron chi connectivity index (χ1n) is 11.3. The van der Waals surface area contributed by atoms with E-state index in [4.69, 9.17) is 18.9 Å². The van der Waals surface area contributed by atoms with E-state index in [0.29, 0.717) is 24.8 Å². The van der Waals surface area contributed by atoms with Crippen LogP contribution in [0.4, 0.5) is 0 Å². The van der Waals surface area contributed by atoms with E-state index in [-0.39, 0.29) is 18.2 Å². The summed E-state index contributed by atoms with van der Waals surface area (Å²) in [6.45, 7) is 7.41. The fraction of sp³-hybridized carbons (Fsp3) is 0.750. The van der Waals surface area contributed by atoms with Crippen LogP contribution in [-0.4, -0.2) is 55.5 Å². The summed E-state index contributed by atoms with van der Waals surface area (Å²) in [5.41, 5.74) is -1.82. The van der Waals surface area contributed by atoms with E-state index in [1.807, 2.05) is 20.8 Å². The molecule has 0 amide bonds. The molecule has 8 nitrogen and oxygen atoms in total. The van der Waals surface area contributed by atoms with Gasteiger partial charge in [-0.2, -0.15) is 0 Å². The monoisotopic (exact) mass is 446 g/mol. The Morgan fingerprint density at radius 1 is 1.19 bits per heavy atom. The maximum atomic E-state index is 14.0. The van der Waals surface area contributed by atoms with Crippen LogP contribution in [0.3, 0.4) is 0 Å². The van der Waals surface area contributed by atoms with E-state index in [2.05, 4.69) is 0 Å². The van der Waals surface area contributed by atoms with Gasteiger partial charge in [-0.15, -0.1) is 0 Å². The van der Waals surface area contributed by atoms with Crippen molar-refractivity contribution in [3.63, 3.8) is 0 Å². The molecule has 0 N–H and O–H groups in total. The molecule has 9 atom stereocenters. The number of cyclic esters (lactones) is 1.